The fourth-order valence-electron chi connectivity index (χ4n) is 2.66. The second-order valence-corrected chi connectivity index (χ2v) is 7.02. The Labute approximate surface area is 172 Å². The quantitative estimate of drug-likeness (QED) is 0.489. The maximum Gasteiger partial charge on any atom is 0.162 e. The van der Waals surface area contributed by atoms with E-state index in [9.17, 15) is 4.39 Å². The number of nitrogens with zero attached hydrogens (tertiary/aromatic N) is 1. The summed E-state index contributed by atoms with van der Waals surface area (Å²) in [7, 11) is 0. The van der Waals surface area contributed by atoms with E-state index in [2.05, 4.69) is 26.2 Å². The molecule has 146 valence electrons. The van der Waals surface area contributed by atoms with Crippen molar-refractivity contribution in [3.8, 4) is 11.5 Å². The van der Waals surface area contributed by atoms with Crippen molar-refractivity contribution in [2.24, 2.45) is 0 Å². The van der Waals surface area contributed by atoms with Gasteiger partial charge in [0.05, 0.1) is 12.3 Å². The molecular weight excluding hydrogens is 423 g/mol. The van der Waals surface area contributed by atoms with Gasteiger partial charge in [0, 0.05) is 23.8 Å². The number of hydrogen-bond donors (Lipinski definition) is 1. The van der Waals surface area contributed by atoms with Crippen molar-refractivity contribution < 1.29 is 13.9 Å². The molecule has 0 aliphatic rings. The van der Waals surface area contributed by atoms with Crippen molar-refractivity contribution in [3.05, 3.63) is 87.9 Å². The number of hydrogen-bond acceptors (Lipinski definition) is 4. The third-order valence-electron chi connectivity index (χ3n) is 4.07. The molecule has 0 amide bonds. The fraction of sp³-hybridized carbons (Fsp3) is 0.227. The van der Waals surface area contributed by atoms with E-state index < -0.39 is 0 Å². The van der Waals surface area contributed by atoms with E-state index in [-0.39, 0.29) is 5.82 Å². The van der Waals surface area contributed by atoms with Crippen LogP contribution in [0.4, 0.5) is 4.39 Å². The monoisotopic (exact) mass is 444 g/mol. The predicted octanol–water partition coefficient (Wildman–Crippen LogP) is 5.25. The SMILES string of the molecule is CCOc1cc(CNCc2ccccn2)c(Br)cc1OCc1ccc(F)cc1. The normalized spacial score (nSPS) is 10.7. The lowest BCUT2D eigenvalue weighted by Crippen LogP contribution is -2.14. The van der Waals surface area contributed by atoms with Crippen LogP contribution < -0.4 is 14.8 Å². The van der Waals surface area contributed by atoms with E-state index in [4.69, 9.17) is 9.47 Å². The molecule has 0 atom stereocenters. The molecule has 0 radical (unpaired) electrons. The minimum Gasteiger partial charge on any atom is -0.490 e. The minimum absolute atomic E-state index is 0.260. The second kappa shape index (κ2) is 10.2. The Bertz CT molecular complexity index is 889. The molecule has 28 heavy (non-hydrogen) atoms. The van der Waals surface area contributed by atoms with Gasteiger partial charge in [0.2, 0.25) is 0 Å². The van der Waals surface area contributed by atoms with E-state index in [0.29, 0.717) is 37.8 Å². The average Bonchev–Trinajstić information content (AvgIpc) is 2.71. The largest absolute Gasteiger partial charge is 0.490 e. The van der Waals surface area contributed by atoms with Crippen LogP contribution in [0.2, 0.25) is 0 Å². The second-order valence-electron chi connectivity index (χ2n) is 6.16. The summed E-state index contributed by atoms with van der Waals surface area (Å²) in [5.41, 5.74) is 2.94. The van der Waals surface area contributed by atoms with Crippen LogP contribution >= 0.6 is 15.9 Å². The zero-order valence-electron chi connectivity index (χ0n) is 15.6. The van der Waals surface area contributed by atoms with Gasteiger partial charge in [0.15, 0.2) is 11.5 Å². The number of pyridine rings is 1. The van der Waals surface area contributed by atoms with E-state index in [1.54, 1.807) is 18.3 Å². The number of rotatable bonds is 9. The maximum atomic E-state index is 13.0. The number of benzene rings is 2. The molecular formula is C22H22BrFN2O2. The summed E-state index contributed by atoms with van der Waals surface area (Å²) < 4.78 is 25.7. The first-order valence-electron chi connectivity index (χ1n) is 9.08. The van der Waals surface area contributed by atoms with Crippen LogP contribution in [0.25, 0.3) is 0 Å². The first-order valence-corrected chi connectivity index (χ1v) is 9.88. The summed E-state index contributed by atoms with van der Waals surface area (Å²) in [6, 6.07) is 16.0. The summed E-state index contributed by atoms with van der Waals surface area (Å²) >= 11 is 3.61. The fourth-order valence-corrected chi connectivity index (χ4v) is 3.13. The van der Waals surface area contributed by atoms with Crippen LogP contribution in [0.5, 0.6) is 11.5 Å². The van der Waals surface area contributed by atoms with Crippen molar-refractivity contribution >= 4 is 15.9 Å². The predicted molar refractivity (Wildman–Crippen MR) is 111 cm³/mol. The average molecular weight is 445 g/mol. The molecule has 2 aromatic carbocycles. The molecule has 0 saturated heterocycles. The Balaban J connectivity index is 1.67. The molecule has 0 aliphatic carbocycles. The van der Waals surface area contributed by atoms with Crippen molar-refractivity contribution in [2.75, 3.05) is 6.61 Å². The van der Waals surface area contributed by atoms with Crippen LogP contribution in [0, 0.1) is 5.82 Å². The zero-order valence-corrected chi connectivity index (χ0v) is 17.2. The van der Waals surface area contributed by atoms with E-state index >= 15 is 0 Å². The molecule has 1 aromatic heterocycles. The standard InChI is InChI=1S/C22H22BrFN2O2/c1-2-27-21-11-17(13-25-14-19-5-3-4-10-26-19)20(23)12-22(21)28-15-16-6-8-18(24)9-7-16/h3-12,25H,2,13-15H2,1H3. The summed E-state index contributed by atoms with van der Waals surface area (Å²) in [4.78, 5) is 4.31. The van der Waals surface area contributed by atoms with Gasteiger partial charge >= 0.3 is 0 Å². The smallest absolute Gasteiger partial charge is 0.162 e. The molecule has 0 fully saturated rings. The topological polar surface area (TPSA) is 43.4 Å². The van der Waals surface area contributed by atoms with Gasteiger partial charge in [0.25, 0.3) is 0 Å². The highest BCUT2D eigenvalue weighted by Gasteiger charge is 2.11. The van der Waals surface area contributed by atoms with E-state index in [1.165, 1.54) is 12.1 Å². The van der Waals surface area contributed by atoms with Gasteiger partial charge < -0.3 is 14.8 Å². The Morgan fingerprint density at radius 2 is 1.79 bits per heavy atom. The number of aromatic nitrogens is 1. The number of ether oxygens (including phenoxy) is 2. The lowest BCUT2D eigenvalue weighted by molar-refractivity contribution is 0.268. The zero-order chi connectivity index (χ0) is 19.8. The molecule has 3 aromatic rings. The van der Waals surface area contributed by atoms with E-state index in [1.807, 2.05) is 37.3 Å². The molecule has 3 rings (SSSR count). The van der Waals surface area contributed by atoms with Gasteiger partial charge in [-0.15, -0.1) is 0 Å². The van der Waals surface area contributed by atoms with E-state index in [0.717, 1.165) is 21.3 Å². The first kappa shape index (κ1) is 20.3. The van der Waals surface area contributed by atoms with Gasteiger partial charge in [-0.05, 0) is 54.4 Å². The summed E-state index contributed by atoms with van der Waals surface area (Å²) in [5, 5.41) is 3.39. The van der Waals surface area contributed by atoms with Crippen LogP contribution in [-0.4, -0.2) is 11.6 Å². The Morgan fingerprint density at radius 3 is 2.50 bits per heavy atom. The van der Waals surface area contributed by atoms with Crippen LogP contribution in [0.3, 0.4) is 0 Å². The Kier molecular flexibility index (Phi) is 7.39. The van der Waals surface area contributed by atoms with Crippen molar-refractivity contribution in [3.63, 3.8) is 0 Å². The highest BCUT2D eigenvalue weighted by atomic mass is 79.9. The Hall–Kier alpha value is -2.44. The third-order valence-corrected chi connectivity index (χ3v) is 4.81. The molecule has 0 bridgehead atoms. The molecule has 6 heteroatoms. The van der Waals surface area contributed by atoms with Crippen LogP contribution in [-0.2, 0) is 19.7 Å². The van der Waals surface area contributed by atoms with Crippen molar-refractivity contribution in [1.82, 2.24) is 10.3 Å². The van der Waals surface area contributed by atoms with Gasteiger partial charge in [-0.25, -0.2) is 4.39 Å². The summed E-state index contributed by atoms with van der Waals surface area (Å²) in [6.45, 7) is 4.15. The van der Waals surface area contributed by atoms with Crippen molar-refractivity contribution in [2.45, 2.75) is 26.6 Å². The minimum atomic E-state index is -0.260. The van der Waals surface area contributed by atoms with Crippen LogP contribution in [0.1, 0.15) is 23.7 Å². The molecule has 0 unspecified atom stereocenters. The van der Waals surface area contributed by atoms with Gasteiger partial charge in [-0.3, -0.25) is 4.98 Å². The lowest BCUT2D eigenvalue weighted by atomic mass is 10.2. The first-order chi connectivity index (χ1) is 13.7. The highest BCUT2D eigenvalue weighted by Crippen LogP contribution is 2.34. The van der Waals surface area contributed by atoms with Gasteiger partial charge in [0.1, 0.15) is 12.4 Å². The third kappa shape index (κ3) is 5.78. The molecule has 1 N–H and O–H groups in total. The number of nitrogens with one attached hydrogen (secondary N) is 1. The lowest BCUT2D eigenvalue weighted by Gasteiger charge is -2.15. The van der Waals surface area contributed by atoms with Gasteiger partial charge in [-0.1, -0.05) is 34.1 Å². The maximum absolute atomic E-state index is 13.0. The summed E-state index contributed by atoms with van der Waals surface area (Å²) in [5.74, 6) is 1.07. The van der Waals surface area contributed by atoms with Crippen LogP contribution in [0.15, 0.2) is 65.3 Å². The number of halogens is 2. The van der Waals surface area contributed by atoms with Gasteiger partial charge in [-0.2, -0.15) is 0 Å². The van der Waals surface area contributed by atoms with Crippen molar-refractivity contribution in [1.29, 1.82) is 0 Å². The molecule has 0 spiro atoms. The molecule has 1 heterocycles. The highest BCUT2D eigenvalue weighted by molar-refractivity contribution is 9.10. The molecule has 0 aliphatic heterocycles. The molecule has 4 nitrogen and oxygen atoms in total. The molecule has 0 saturated carbocycles. The Morgan fingerprint density at radius 1 is 1.00 bits per heavy atom. The summed E-state index contributed by atoms with van der Waals surface area (Å²) in [6.07, 6.45) is 1.79.